The lowest BCUT2D eigenvalue weighted by molar-refractivity contribution is -0.177. The van der Waals surface area contributed by atoms with Crippen LogP contribution in [0.3, 0.4) is 0 Å². The van der Waals surface area contributed by atoms with Gasteiger partial charge in [0.25, 0.3) is 5.91 Å². The van der Waals surface area contributed by atoms with Crippen LogP contribution in [0.25, 0.3) is 0 Å². The highest BCUT2D eigenvalue weighted by Gasteiger charge is 2.41. The normalized spacial score (nSPS) is 18.8. The van der Waals surface area contributed by atoms with Crippen LogP contribution in [0, 0.1) is 0 Å². The second-order valence-corrected chi connectivity index (χ2v) is 8.79. The van der Waals surface area contributed by atoms with Crippen LogP contribution in [-0.2, 0) is 23.8 Å². The highest BCUT2D eigenvalue weighted by molar-refractivity contribution is 6.01. The van der Waals surface area contributed by atoms with Crippen molar-refractivity contribution in [1.29, 1.82) is 0 Å². The molecule has 0 aromatic heterocycles. The van der Waals surface area contributed by atoms with Gasteiger partial charge in [-0.2, -0.15) is 0 Å². The molecule has 1 amide bonds. The molecule has 1 aliphatic rings. The fourth-order valence-corrected chi connectivity index (χ4v) is 2.87. The zero-order valence-electron chi connectivity index (χ0n) is 18.6. The number of hydrogen-bond donors (Lipinski definition) is 1. The first-order valence-corrected chi connectivity index (χ1v) is 10.1. The molecule has 168 valence electrons. The van der Waals surface area contributed by atoms with Crippen molar-refractivity contribution in [2.45, 2.75) is 64.4 Å². The molecule has 1 N–H and O–H groups in total. The molecule has 0 spiro atoms. The molecule has 2 rings (SSSR count). The average Bonchev–Trinajstić information content (AvgIpc) is 2.67. The first kappa shape index (κ1) is 24.1. The lowest BCUT2D eigenvalue weighted by atomic mass is 10.1. The Labute approximate surface area is 178 Å². The van der Waals surface area contributed by atoms with Crippen molar-refractivity contribution in [2.24, 2.45) is 0 Å². The number of methoxy groups -OCH3 is 1. The van der Waals surface area contributed by atoms with Crippen molar-refractivity contribution in [3.8, 4) is 5.75 Å². The van der Waals surface area contributed by atoms with Gasteiger partial charge in [0.1, 0.15) is 11.4 Å². The van der Waals surface area contributed by atoms with Gasteiger partial charge in [0.15, 0.2) is 12.2 Å². The van der Waals surface area contributed by atoms with Gasteiger partial charge in [0.05, 0.1) is 24.5 Å². The number of carbonyl (C=O) groups excluding carboxylic acids is 2. The third-order valence-corrected chi connectivity index (χ3v) is 4.73. The molecular formula is C22H33NO7. The number of aliphatic hydroxyl groups excluding tert-OH is 1. The molecule has 1 fully saturated rings. The molecule has 0 radical (unpaired) electrons. The zero-order chi connectivity index (χ0) is 22.5. The maximum atomic E-state index is 13.0. The van der Waals surface area contributed by atoms with Gasteiger partial charge in [-0.3, -0.25) is 4.79 Å². The minimum absolute atomic E-state index is 0.168. The summed E-state index contributed by atoms with van der Waals surface area (Å²) >= 11 is 0. The van der Waals surface area contributed by atoms with E-state index >= 15 is 0 Å². The van der Waals surface area contributed by atoms with Crippen LogP contribution in [0.15, 0.2) is 24.3 Å². The minimum atomic E-state index is -1.71. The Morgan fingerprint density at radius 1 is 1.27 bits per heavy atom. The number of hydrogen-bond acceptors (Lipinski definition) is 7. The Hall–Kier alpha value is -2.16. The van der Waals surface area contributed by atoms with E-state index in [4.69, 9.17) is 18.9 Å². The Bertz CT molecular complexity index is 741. The van der Waals surface area contributed by atoms with Gasteiger partial charge in [-0.15, -0.1) is 0 Å². The van der Waals surface area contributed by atoms with E-state index in [0.29, 0.717) is 24.5 Å². The molecule has 0 saturated carbocycles. The maximum absolute atomic E-state index is 13.0. The minimum Gasteiger partial charge on any atom is -0.491 e. The SMILES string of the molecule is COC(C)(C)CCOc1ccccc1N1CCO[C@H]([C@@H](O)C(=O)OC(C)(C)C)C1=O. The van der Waals surface area contributed by atoms with E-state index in [1.54, 1.807) is 46.1 Å². The number of rotatable bonds is 8. The van der Waals surface area contributed by atoms with Crippen molar-refractivity contribution >= 4 is 17.6 Å². The Balaban J connectivity index is 2.14. The molecule has 8 nitrogen and oxygen atoms in total. The van der Waals surface area contributed by atoms with Gasteiger partial charge in [-0.05, 0) is 46.8 Å². The number of morpholine rings is 1. The van der Waals surface area contributed by atoms with Crippen molar-refractivity contribution in [2.75, 3.05) is 31.8 Å². The second kappa shape index (κ2) is 9.76. The summed E-state index contributed by atoms with van der Waals surface area (Å²) in [6, 6.07) is 7.15. The first-order valence-electron chi connectivity index (χ1n) is 10.1. The summed E-state index contributed by atoms with van der Waals surface area (Å²) in [4.78, 5) is 26.7. The van der Waals surface area contributed by atoms with E-state index in [1.165, 1.54) is 4.90 Å². The Kier molecular flexibility index (Phi) is 7.85. The van der Waals surface area contributed by atoms with E-state index in [0.717, 1.165) is 0 Å². The second-order valence-electron chi connectivity index (χ2n) is 8.79. The highest BCUT2D eigenvalue weighted by Crippen LogP contribution is 2.31. The van der Waals surface area contributed by atoms with E-state index in [2.05, 4.69) is 0 Å². The lowest BCUT2D eigenvalue weighted by Crippen LogP contribution is -2.55. The van der Waals surface area contributed by atoms with Gasteiger partial charge < -0.3 is 29.0 Å². The largest absolute Gasteiger partial charge is 0.491 e. The summed E-state index contributed by atoms with van der Waals surface area (Å²) in [6.07, 6.45) is -2.39. The quantitative estimate of drug-likeness (QED) is 0.641. The summed E-state index contributed by atoms with van der Waals surface area (Å²) in [5.41, 5.74) is -0.555. The third kappa shape index (κ3) is 6.42. The van der Waals surface area contributed by atoms with Gasteiger partial charge >= 0.3 is 5.97 Å². The van der Waals surface area contributed by atoms with E-state index in [9.17, 15) is 14.7 Å². The van der Waals surface area contributed by atoms with Crippen LogP contribution in [0.2, 0.25) is 0 Å². The molecule has 1 aromatic carbocycles. The number of para-hydroxylation sites is 2. The molecule has 1 aliphatic heterocycles. The van der Waals surface area contributed by atoms with Gasteiger partial charge in [0.2, 0.25) is 0 Å². The van der Waals surface area contributed by atoms with Crippen molar-refractivity contribution < 1.29 is 33.6 Å². The molecule has 0 bridgehead atoms. The summed E-state index contributed by atoms with van der Waals surface area (Å²) < 4.78 is 21.9. The zero-order valence-corrected chi connectivity index (χ0v) is 18.6. The van der Waals surface area contributed by atoms with E-state index < -0.39 is 29.7 Å². The smallest absolute Gasteiger partial charge is 0.338 e. The molecule has 30 heavy (non-hydrogen) atoms. The van der Waals surface area contributed by atoms with Crippen LogP contribution in [0.4, 0.5) is 5.69 Å². The lowest BCUT2D eigenvalue weighted by Gasteiger charge is -2.35. The first-order chi connectivity index (χ1) is 13.9. The predicted molar refractivity (Wildman–Crippen MR) is 112 cm³/mol. The highest BCUT2D eigenvalue weighted by atomic mass is 16.6. The average molecular weight is 424 g/mol. The maximum Gasteiger partial charge on any atom is 0.338 e. The molecule has 1 aromatic rings. The van der Waals surface area contributed by atoms with Crippen molar-refractivity contribution in [1.82, 2.24) is 0 Å². The van der Waals surface area contributed by atoms with Gasteiger partial charge in [-0.25, -0.2) is 4.79 Å². The molecule has 0 aliphatic carbocycles. The van der Waals surface area contributed by atoms with Crippen LogP contribution >= 0.6 is 0 Å². The monoisotopic (exact) mass is 423 g/mol. The van der Waals surface area contributed by atoms with Crippen molar-refractivity contribution in [3.63, 3.8) is 0 Å². The van der Waals surface area contributed by atoms with E-state index in [-0.39, 0.29) is 18.8 Å². The number of amides is 1. The van der Waals surface area contributed by atoms with Crippen LogP contribution in [-0.4, -0.2) is 67.3 Å². The summed E-state index contributed by atoms with van der Waals surface area (Å²) in [5.74, 6) is -0.882. The Morgan fingerprint density at radius 3 is 2.57 bits per heavy atom. The summed E-state index contributed by atoms with van der Waals surface area (Å²) in [7, 11) is 1.65. The molecule has 1 heterocycles. The topological polar surface area (TPSA) is 94.5 Å². The van der Waals surface area contributed by atoms with Gasteiger partial charge in [0, 0.05) is 20.1 Å². The standard InChI is InChI=1S/C22H33NO7/c1-21(2,3)30-20(26)17(24)18-19(25)23(12-14-29-18)15-9-7-8-10-16(15)28-13-11-22(4,5)27-6/h7-10,17-18,24H,11-14H2,1-6H3/t17-,18-/m1/s1. The molecule has 2 atom stereocenters. The fraction of sp³-hybridized carbons (Fsp3) is 0.636. The number of anilines is 1. The number of aliphatic hydroxyl groups is 1. The predicted octanol–water partition coefficient (Wildman–Crippen LogP) is 2.31. The molecule has 8 heteroatoms. The summed E-state index contributed by atoms with van der Waals surface area (Å²) in [6.45, 7) is 9.85. The summed E-state index contributed by atoms with van der Waals surface area (Å²) in [5, 5.41) is 10.4. The number of nitrogens with zero attached hydrogens (tertiary/aromatic N) is 1. The van der Waals surface area contributed by atoms with Crippen molar-refractivity contribution in [3.05, 3.63) is 24.3 Å². The van der Waals surface area contributed by atoms with Crippen LogP contribution in [0.5, 0.6) is 5.75 Å². The van der Waals surface area contributed by atoms with E-state index in [1.807, 2.05) is 19.9 Å². The van der Waals surface area contributed by atoms with Crippen LogP contribution < -0.4 is 9.64 Å². The number of esters is 1. The molecular weight excluding hydrogens is 390 g/mol. The number of ether oxygens (including phenoxy) is 4. The van der Waals surface area contributed by atoms with Crippen LogP contribution in [0.1, 0.15) is 41.0 Å². The fourth-order valence-electron chi connectivity index (χ4n) is 2.87. The van der Waals surface area contributed by atoms with Gasteiger partial charge in [-0.1, -0.05) is 12.1 Å². The Morgan fingerprint density at radius 2 is 1.93 bits per heavy atom. The number of carbonyl (C=O) groups is 2. The molecule has 0 unspecified atom stereocenters. The molecule has 1 saturated heterocycles. The third-order valence-electron chi connectivity index (χ3n) is 4.73. The number of benzene rings is 1.